The van der Waals surface area contributed by atoms with E-state index in [0.717, 1.165) is 10.6 Å². The van der Waals surface area contributed by atoms with E-state index >= 15 is 0 Å². The number of fused-ring (bicyclic) bond motifs is 1. The Labute approximate surface area is 98.4 Å². The van der Waals surface area contributed by atoms with Crippen LogP contribution in [0.3, 0.4) is 0 Å². The van der Waals surface area contributed by atoms with Crippen molar-refractivity contribution < 1.29 is 13.2 Å². The molecule has 3 N–H and O–H groups in total. The van der Waals surface area contributed by atoms with Crippen LogP contribution < -0.4 is 16.6 Å². The van der Waals surface area contributed by atoms with Gasteiger partial charge in [0.2, 0.25) is 5.95 Å². The van der Waals surface area contributed by atoms with E-state index in [-0.39, 0.29) is 17.6 Å². The topological polar surface area (TPSA) is 72.9 Å². The summed E-state index contributed by atoms with van der Waals surface area (Å²) in [6.07, 6.45) is -5.09. The van der Waals surface area contributed by atoms with E-state index in [9.17, 15) is 18.0 Å². The summed E-state index contributed by atoms with van der Waals surface area (Å²) in [6.45, 7) is -0.165. The van der Waals surface area contributed by atoms with Crippen LogP contribution in [0.2, 0.25) is 5.15 Å². The summed E-state index contributed by atoms with van der Waals surface area (Å²) in [5.41, 5.74) is 2.11. The summed E-state index contributed by atoms with van der Waals surface area (Å²) in [7, 11) is 0. The van der Waals surface area contributed by atoms with Crippen LogP contribution in [0.5, 0.6) is 0 Å². The Balaban J connectivity index is 2.47. The smallest absolute Gasteiger partial charge is 0.330 e. The number of nitrogens with zero attached hydrogens (tertiary/aromatic N) is 2. The van der Waals surface area contributed by atoms with Crippen molar-refractivity contribution in [1.29, 1.82) is 0 Å². The van der Waals surface area contributed by atoms with Crippen molar-refractivity contribution in [3.8, 4) is 0 Å². The second-order valence-electron chi connectivity index (χ2n) is 3.74. The van der Waals surface area contributed by atoms with E-state index in [2.05, 4.69) is 4.98 Å². The van der Waals surface area contributed by atoms with Crippen LogP contribution in [-0.4, -0.2) is 21.4 Å². The molecule has 0 amide bonds. The zero-order valence-electron chi connectivity index (χ0n) is 8.38. The summed E-state index contributed by atoms with van der Waals surface area (Å²) in [6, 6.07) is 1.03. The molecule has 0 unspecified atom stereocenters. The van der Waals surface area contributed by atoms with Gasteiger partial charge in [0.05, 0.1) is 0 Å². The van der Waals surface area contributed by atoms with Gasteiger partial charge >= 0.3 is 6.18 Å². The Hall–Kier alpha value is -1.28. The number of nitrogens with two attached hydrogens (primary N) is 1. The minimum atomic E-state index is -4.64. The van der Waals surface area contributed by atoms with Crippen molar-refractivity contribution in [1.82, 2.24) is 9.55 Å². The third-order valence-corrected chi connectivity index (χ3v) is 2.74. The molecule has 0 radical (unpaired) electrons. The SMILES string of the molecule is N[C@@]1(C(F)(F)F)CCn2c(nc(Cl)cc2=O)N1. The van der Waals surface area contributed by atoms with Gasteiger partial charge in [-0.15, -0.1) is 0 Å². The Morgan fingerprint density at radius 3 is 2.82 bits per heavy atom. The van der Waals surface area contributed by atoms with Crippen molar-refractivity contribution in [3.05, 3.63) is 21.6 Å². The highest BCUT2D eigenvalue weighted by Crippen LogP contribution is 2.34. The number of aromatic nitrogens is 2. The number of hydrogen-bond acceptors (Lipinski definition) is 4. The predicted molar refractivity (Wildman–Crippen MR) is 54.7 cm³/mol. The van der Waals surface area contributed by atoms with Crippen LogP contribution >= 0.6 is 11.6 Å². The Morgan fingerprint density at radius 1 is 1.59 bits per heavy atom. The van der Waals surface area contributed by atoms with E-state index in [1.165, 1.54) is 0 Å². The van der Waals surface area contributed by atoms with Gasteiger partial charge in [0.25, 0.3) is 5.56 Å². The van der Waals surface area contributed by atoms with E-state index in [4.69, 9.17) is 17.3 Å². The fraction of sp³-hybridized carbons (Fsp3) is 0.500. The highest BCUT2D eigenvalue weighted by Gasteiger charge is 2.54. The number of rotatable bonds is 0. The second kappa shape index (κ2) is 3.61. The highest BCUT2D eigenvalue weighted by atomic mass is 35.5. The number of nitrogens with one attached hydrogen (secondary N) is 1. The van der Waals surface area contributed by atoms with E-state index in [1.807, 2.05) is 5.32 Å². The molecule has 0 spiro atoms. The zero-order chi connectivity index (χ0) is 12.8. The fourth-order valence-corrected chi connectivity index (χ4v) is 1.73. The lowest BCUT2D eigenvalue weighted by atomic mass is 10.1. The van der Waals surface area contributed by atoms with Gasteiger partial charge in [-0.2, -0.15) is 13.2 Å². The lowest BCUT2D eigenvalue weighted by molar-refractivity contribution is -0.181. The van der Waals surface area contributed by atoms with Crippen LogP contribution in [0.1, 0.15) is 6.42 Å². The molecular weight excluding hydrogens is 261 g/mol. The van der Waals surface area contributed by atoms with E-state index in [1.54, 1.807) is 0 Å². The summed E-state index contributed by atoms with van der Waals surface area (Å²) >= 11 is 5.50. The third-order valence-electron chi connectivity index (χ3n) is 2.55. The Kier molecular flexibility index (Phi) is 2.58. The van der Waals surface area contributed by atoms with Gasteiger partial charge in [0, 0.05) is 19.0 Å². The number of hydrogen-bond donors (Lipinski definition) is 2. The molecule has 1 aliphatic heterocycles. The molecule has 0 fully saturated rings. The van der Waals surface area contributed by atoms with Gasteiger partial charge in [-0.05, 0) is 0 Å². The average Bonchev–Trinajstić information content (AvgIpc) is 2.14. The highest BCUT2D eigenvalue weighted by molar-refractivity contribution is 6.29. The lowest BCUT2D eigenvalue weighted by Crippen LogP contribution is -2.62. The zero-order valence-corrected chi connectivity index (χ0v) is 9.14. The van der Waals surface area contributed by atoms with Gasteiger partial charge in [-0.3, -0.25) is 9.36 Å². The fourth-order valence-electron chi connectivity index (χ4n) is 1.55. The second-order valence-corrected chi connectivity index (χ2v) is 4.12. The molecule has 9 heteroatoms. The molecule has 0 bridgehead atoms. The van der Waals surface area contributed by atoms with Crippen LogP contribution in [-0.2, 0) is 6.54 Å². The molecule has 0 aromatic carbocycles. The van der Waals surface area contributed by atoms with Crippen molar-refractivity contribution >= 4 is 17.5 Å². The molecule has 1 aromatic rings. The Bertz CT molecular complexity index is 514. The maximum absolute atomic E-state index is 12.7. The lowest BCUT2D eigenvalue weighted by Gasteiger charge is -2.37. The molecule has 0 saturated heterocycles. The van der Waals surface area contributed by atoms with Gasteiger partial charge in [0.15, 0.2) is 5.66 Å². The first kappa shape index (κ1) is 12.2. The monoisotopic (exact) mass is 268 g/mol. The van der Waals surface area contributed by atoms with Gasteiger partial charge in [-0.25, -0.2) is 4.98 Å². The van der Waals surface area contributed by atoms with E-state index < -0.39 is 23.8 Å². The first-order valence-electron chi connectivity index (χ1n) is 4.64. The standard InChI is InChI=1S/C8H8ClF3N4O/c9-4-3-5(17)16-2-1-7(13,8(10,11)12)15-6(16)14-4/h3H,1-2,13H2,(H,14,15)/t7-/m0/s1. The van der Waals surface area contributed by atoms with Crippen LogP contribution in [0.25, 0.3) is 0 Å². The number of alkyl halides is 3. The third kappa shape index (κ3) is 1.98. The van der Waals surface area contributed by atoms with Crippen molar-refractivity contribution in [2.24, 2.45) is 5.73 Å². The first-order valence-corrected chi connectivity index (χ1v) is 5.02. The summed E-state index contributed by atoms with van der Waals surface area (Å²) < 4.78 is 39.1. The van der Waals surface area contributed by atoms with Crippen LogP contribution in [0.4, 0.5) is 19.1 Å². The number of halogens is 4. The maximum Gasteiger partial charge on any atom is 0.424 e. The van der Waals surface area contributed by atoms with Gasteiger partial charge in [0.1, 0.15) is 5.15 Å². The van der Waals surface area contributed by atoms with Crippen LogP contribution in [0, 0.1) is 0 Å². The maximum atomic E-state index is 12.7. The largest absolute Gasteiger partial charge is 0.424 e. The molecule has 2 heterocycles. The molecule has 1 aromatic heterocycles. The summed E-state index contributed by atoms with van der Waals surface area (Å²) in [5.74, 6) is -0.270. The normalized spacial score (nSPS) is 24.1. The minimum absolute atomic E-state index is 0.165. The average molecular weight is 269 g/mol. The molecule has 1 aliphatic rings. The van der Waals surface area contributed by atoms with Crippen molar-refractivity contribution in [2.75, 3.05) is 5.32 Å². The summed E-state index contributed by atoms with van der Waals surface area (Å²) in [4.78, 5) is 15.0. The van der Waals surface area contributed by atoms with E-state index in [0.29, 0.717) is 0 Å². The number of anilines is 1. The van der Waals surface area contributed by atoms with Crippen molar-refractivity contribution in [3.63, 3.8) is 0 Å². The van der Waals surface area contributed by atoms with Crippen LogP contribution in [0.15, 0.2) is 10.9 Å². The van der Waals surface area contributed by atoms with Gasteiger partial charge in [-0.1, -0.05) is 11.6 Å². The molecule has 17 heavy (non-hydrogen) atoms. The molecular formula is C8H8ClF3N4O. The predicted octanol–water partition coefficient (Wildman–Crippen LogP) is 0.930. The molecule has 5 nitrogen and oxygen atoms in total. The van der Waals surface area contributed by atoms with Gasteiger partial charge < -0.3 is 11.1 Å². The van der Waals surface area contributed by atoms with Crippen molar-refractivity contribution in [2.45, 2.75) is 24.8 Å². The summed E-state index contributed by atoms with van der Waals surface area (Å²) in [5, 5.41) is 1.83. The molecule has 1 atom stereocenters. The molecule has 0 saturated carbocycles. The minimum Gasteiger partial charge on any atom is -0.330 e. The Morgan fingerprint density at radius 2 is 2.24 bits per heavy atom. The first-order chi connectivity index (χ1) is 7.73. The molecule has 94 valence electrons. The molecule has 2 rings (SSSR count). The molecule has 0 aliphatic carbocycles. The quantitative estimate of drug-likeness (QED) is 0.687.